The van der Waals surface area contributed by atoms with Gasteiger partial charge in [0.15, 0.2) is 0 Å². The SMILES string of the molecule is COC(=O)C(N)c1c(F)ccc([N+](=O)[O-])c1F. The summed E-state index contributed by atoms with van der Waals surface area (Å²) in [7, 11) is 0.982. The molecule has 0 saturated heterocycles. The number of nitro groups is 1. The van der Waals surface area contributed by atoms with Gasteiger partial charge in [-0.2, -0.15) is 4.39 Å². The number of halogens is 2. The molecule has 2 N–H and O–H groups in total. The van der Waals surface area contributed by atoms with Crippen molar-refractivity contribution >= 4 is 11.7 Å². The third kappa shape index (κ3) is 2.36. The predicted octanol–water partition coefficient (Wildman–Crippen LogP) is 1.05. The van der Waals surface area contributed by atoms with Gasteiger partial charge in [0.25, 0.3) is 0 Å². The van der Waals surface area contributed by atoms with E-state index in [2.05, 4.69) is 4.74 Å². The van der Waals surface area contributed by atoms with E-state index in [1.807, 2.05) is 0 Å². The molecule has 0 aliphatic rings. The standard InChI is InChI=1S/C9H8F2N2O4/c1-17-9(14)8(12)6-4(10)2-3-5(7(6)11)13(15)16/h2-3,8H,12H2,1H3. The molecule has 0 heterocycles. The van der Waals surface area contributed by atoms with Gasteiger partial charge in [-0.05, 0) is 6.07 Å². The van der Waals surface area contributed by atoms with Crippen molar-refractivity contribution in [1.82, 2.24) is 0 Å². The molecule has 0 amide bonds. The van der Waals surface area contributed by atoms with Crippen molar-refractivity contribution in [3.8, 4) is 0 Å². The van der Waals surface area contributed by atoms with Gasteiger partial charge in [-0.3, -0.25) is 14.9 Å². The summed E-state index contributed by atoms with van der Waals surface area (Å²) in [6, 6.07) is -0.433. The van der Waals surface area contributed by atoms with Gasteiger partial charge in [0, 0.05) is 6.07 Å². The molecule has 0 aromatic heterocycles. The van der Waals surface area contributed by atoms with Crippen LogP contribution in [0.25, 0.3) is 0 Å². The van der Waals surface area contributed by atoms with Crippen molar-refractivity contribution in [2.24, 2.45) is 5.73 Å². The molecule has 0 aliphatic carbocycles. The van der Waals surface area contributed by atoms with Crippen LogP contribution in [0, 0.1) is 21.7 Å². The van der Waals surface area contributed by atoms with Crippen LogP contribution in [0.5, 0.6) is 0 Å². The maximum absolute atomic E-state index is 13.6. The van der Waals surface area contributed by atoms with Crippen molar-refractivity contribution in [2.45, 2.75) is 6.04 Å². The molecule has 1 rings (SSSR count). The van der Waals surface area contributed by atoms with Crippen LogP contribution < -0.4 is 5.73 Å². The van der Waals surface area contributed by atoms with Crippen LogP contribution in [-0.4, -0.2) is 18.0 Å². The molecule has 0 fully saturated rings. The van der Waals surface area contributed by atoms with Gasteiger partial charge in [-0.25, -0.2) is 4.39 Å². The van der Waals surface area contributed by atoms with Gasteiger partial charge in [0.1, 0.15) is 11.9 Å². The Bertz CT molecular complexity index is 478. The summed E-state index contributed by atoms with van der Waals surface area (Å²) in [4.78, 5) is 20.4. The minimum atomic E-state index is -1.75. The van der Waals surface area contributed by atoms with Crippen LogP contribution >= 0.6 is 0 Å². The quantitative estimate of drug-likeness (QED) is 0.488. The summed E-state index contributed by atoms with van der Waals surface area (Å²) in [6.07, 6.45) is 0. The van der Waals surface area contributed by atoms with Crippen LogP contribution in [-0.2, 0) is 9.53 Å². The number of nitrogens with zero attached hydrogens (tertiary/aromatic N) is 1. The Morgan fingerprint density at radius 2 is 2.12 bits per heavy atom. The van der Waals surface area contributed by atoms with Crippen molar-refractivity contribution in [3.05, 3.63) is 39.4 Å². The molecule has 0 aliphatic heterocycles. The van der Waals surface area contributed by atoms with Crippen LogP contribution in [0.1, 0.15) is 11.6 Å². The number of carbonyl (C=O) groups is 1. The van der Waals surface area contributed by atoms with E-state index in [1.165, 1.54) is 0 Å². The lowest BCUT2D eigenvalue weighted by molar-refractivity contribution is -0.387. The van der Waals surface area contributed by atoms with Gasteiger partial charge < -0.3 is 10.5 Å². The maximum Gasteiger partial charge on any atom is 0.327 e. The summed E-state index contributed by atoms with van der Waals surface area (Å²) < 4.78 is 31.1. The Balaban J connectivity index is 3.36. The fraction of sp³-hybridized carbons (Fsp3) is 0.222. The first-order valence-corrected chi connectivity index (χ1v) is 4.35. The van der Waals surface area contributed by atoms with Gasteiger partial charge >= 0.3 is 11.7 Å². The molecule has 1 unspecified atom stereocenters. The first-order valence-electron chi connectivity index (χ1n) is 4.35. The van der Waals surface area contributed by atoms with Gasteiger partial charge in [-0.1, -0.05) is 0 Å². The van der Waals surface area contributed by atoms with Crippen molar-refractivity contribution < 1.29 is 23.2 Å². The van der Waals surface area contributed by atoms with Crippen molar-refractivity contribution in [1.29, 1.82) is 0 Å². The molecule has 17 heavy (non-hydrogen) atoms. The number of nitrogens with two attached hydrogens (primary N) is 1. The Hall–Kier alpha value is -2.09. The zero-order chi connectivity index (χ0) is 13.2. The highest BCUT2D eigenvalue weighted by Gasteiger charge is 2.29. The summed E-state index contributed by atoms with van der Waals surface area (Å²) in [5.74, 6) is -3.72. The van der Waals surface area contributed by atoms with E-state index in [1.54, 1.807) is 0 Å². The molecule has 1 atom stereocenters. The monoisotopic (exact) mass is 246 g/mol. The summed E-state index contributed by atoms with van der Waals surface area (Å²) in [6.45, 7) is 0. The molecule has 0 bridgehead atoms. The number of ether oxygens (including phenoxy) is 1. The lowest BCUT2D eigenvalue weighted by Gasteiger charge is -2.11. The van der Waals surface area contributed by atoms with Crippen LogP contribution in [0.2, 0.25) is 0 Å². The number of hydrogen-bond donors (Lipinski definition) is 1. The molecular weight excluding hydrogens is 238 g/mol. The lowest BCUT2D eigenvalue weighted by atomic mass is 10.1. The van der Waals surface area contributed by atoms with E-state index in [9.17, 15) is 23.7 Å². The zero-order valence-electron chi connectivity index (χ0n) is 8.65. The number of methoxy groups -OCH3 is 1. The highest BCUT2D eigenvalue weighted by Crippen LogP contribution is 2.27. The van der Waals surface area contributed by atoms with Crippen LogP contribution in [0.4, 0.5) is 14.5 Å². The van der Waals surface area contributed by atoms with Crippen molar-refractivity contribution in [2.75, 3.05) is 7.11 Å². The fourth-order valence-corrected chi connectivity index (χ4v) is 1.23. The number of hydrogen-bond acceptors (Lipinski definition) is 5. The highest BCUT2D eigenvalue weighted by molar-refractivity contribution is 5.77. The number of carbonyl (C=O) groups excluding carboxylic acids is 1. The van der Waals surface area contributed by atoms with E-state index >= 15 is 0 Å². The molecule has 0 saturated carbocycles. The topological polar surface area (TPSA) is 95.5 Å². The molecule has 0 radical (unpaired) electrons. The Morgan fingerprint density at radius 3 is 2.59 bits per heavy atom. The molecule has 6 nitrogen and oxygen atoms in total. The highest BCUT2D eigenvalue weighted by atomic mass is 19.1. The van der Waals surface area contributed by atoms with Gasteiger partial charge in [-0.15, -0.1) is 0 Å². The van der Waals surface area contributed by atoms with Crippen molar-refractivity contribution in [3.63, 3.8) is 0 Å². The summed E-state index contributed by atoms with van der Waals surface area (Å²) in [5, 5.41) is 10.4. The lowest BCUT2D eigenvalue weighted by Crippen LogP contribution is -2.25. The smallest absolute Gasteiger partial charge is 0.327 e. The molecule has 1 aromatic carbocycles. The van der Waals surface area contributed by atoms with E-state index in [0.29, 0.717) is 12.1 Å². The van der Waals surface area contributed by atoms with Crippen LogP contribution in [0.15, 0.2) is 12.1 Å². The minimum Gasteiger partial charge on any atom is -0.468 e. The third-order valence-electron chi connectivity index (χ3n) is 2.07. The Labute approximate surface area is 94.1 Å². The number of nitro benzene ring substituents is 1. The summed E-state index contributed by atoms with van der Waals surface area (Å²) in [5.41, 5.74) is 3.40. The number of rotatable bonds is 3. The number of benzene rings is 1. The average Bonchev–Trinajstić information content (AvgIpc) is 2.27. The average molecular weight is 246 g/mol. The summed E-state index contributed by atoms with van der Waals surface area (Å²) >= 11 is 0. The normalized spacial score (nSPS) is 12.0. The van der Waals surface area contributed by atoms with Gasteiger partial charge in [0.05, 0.1) is 17.6 Å². The maximum atomic E-state index is 13.6. The second kappa shape index (κ2) is 4.83. The minimum absolute atomic E-state index is 0.651. The molecular formula is C9H8F2N2O4. The second-order valence-electron chi connectivity index (χ2n) is 3.05. The Kier molecular flexibility index (Phi) is 3.69. The molecule has 1 aromatic rings. The van der Waals surface area contributed by atoms with Gasteiger partial charge in [0.2, 0.25) is 5.82 Å². The van der Waals surface area contributed by atoms with E-state index in [0.717, 1.165) is 7.11 Å². The molecule has 0 spiro atoms. The first kappa shape index (κ1) is 13.0. The first-order chi connectivity index (χ1) is 7.90. The third-order valence-corrected chi connectivity index (χ3v) is 2.07. The number of esters is 1. The molecule has 8 heteroatoms. The zero-order valence-corrected chi connectivity index (χ0v) is 8.65. The van der Waals surface area contributed by atoms with E-state index in [-0.39, 0.29) is 0 Å². The fourth-order valence-electron chi connectivity index (χ4n) is 1.23. The van der Waals surface area contributed by atoms with E-state index < -0.39 is 39.8 Å². The predicted molar refractivity (Wildman–Crippen MR) is 52.0 cm³/mol. The molecule has 92 valence electrons. The second-order valence-corrected chi connectivity index (χ2v) is 3.05. The van der Waals surface area contributed by atoms with E-state index in [4.69, 9.17) is 5.73 Å². The van der Waals surface area contributed by atoms with Crippen LogP contribution in [0.3, 0.4) is 0 Å². The largest absolute Gasteiger partial charge is 0.468 e. The Morgan fingerprint density at radius 1 is 1.53 bits per heavy atom.